The van der Waals surface area contributed by atoms with Gasteiger partial charge < -0.3 is 10.6 Å². The minimum Gasteiger partial charge on any atom is -0.388 e. The third-order valence-corrected chi connectivity index (χ3v) is 4.63. The summed E-state index contributed by atoms with van der Waals surface area (Å²) in [6.07, 6.45) is 0. The van der Waals surface area contributed by atoms with Crippen LogP contribution in [0.5, 0.6) is 0 Å². The van der Waals surface area contributed by atoms with Crippen molar-refractivity contribution >= 4 is 28.8 Å². The quantitative estimate of drug-likeness (QED) is 0.586. The minimum absolute atomic E-state index is 0.217. The zero-order valence-corrected chi connectivity index (χ0v) is 14.6. The maximum Gasteiger partial charge on any atom is 0.255 e. The lowest BCUT2D eigenvalue weighted by Crippen LogP contribution is -2.25. The van der Waals surface area contributed by atoms with Gasteiger partial charge in [0.05, 0.1) is 16.8 Å². The number of ketones is 2. The Balaban J connectivity index is 1.85. The molecule has 0 heterocycles. The van der Waals surface area contributed by atoms with Crippen LogP contribution in [0.25, 0.3) is 0 Å². The van der Waals surface area contributed by atoms with Crippen LogP contribution in [0.1, 0.15) is 42.2 Å². The Kier molecular flexibility index (Phi) is 4.05. The Morgan fingerprint density at radius 3 is 1.81 bits per heavy atom. The lowest BCUT2D eigenvalue weighted by molar-refractivity contribution is 0.0979. The van der Waals surface area contributed by atoms with Crippen molar-refractivity contribution in [1.82, 2.24) is 0 Å². The van der Waals surface area contributed by atoms with Gasteiger partial charge in [-0.2, -0.15) is 0 Å². The Morgan fingerprint density at radius 2 is 1.22 bits per heavy atom. The SMILES string of the molecule is CNc1ccc(NC(=O)c2ccccc2)c2c1C(=O)c1ccccc1C2=O. The van der Waals surface area contributed by atoms with Crippen molar-refractivity contribution in [2.45, 2.75) is 0 Å². The van der Waals surface area contributed by atoms with Gasteiger partial charge in [0.2, 0.25) is 0 Å². The monoisotopic (exact) mass is 356 g/mol. The first-order valence-corrected chi connectivity index (χ1v) is 8.51. The molecule has 27 heavy (non-hydrogen) atoms. The van der Waals surface area contributed by atoms with E-state index in [0.717, 1.165) is 0 Å². The van der Waals surface area contributed by atoms with Crippen molar-refractivity contribution in [3.8, 4) is 0 Å². The van der Waals surface area contributed by atoms with Crippen molar-refractivity contribution in [3.63, 3.8) is 0 Å². The minimum atomic E-state index is -0.339. The van der Waals surface area contributed by atoms with Crippen molar-refractivity contribution in [2.24, 2.45) is 0 Å². The fourth-order valence-electron chi connectivity index (χ4n) is 3.32. The molecule has 3 aromatic rings. The highest BCUT2D eigenvalue weighted by Gasteiger charge is 2.34. The van der Waals surface area contributed by atoms with E-state index in [0.29, 0.717) is 28.1 Å². The fraction of sp³-hybridized carbons (Fsp3) is 0.0455. The van der Waals surface area contributed by atoms with Gasteiger partial charge in [-0.3, -0.25) is 14.4 Å². The molecule has 0 fully saturated rings. The van der Waals surface area contributed by atoms with E-state index in [2.05, 4.69) is 10.6 Å². The van der Waals surface area contributed by atoms with E-state index < -0.39 is 0 Å². The summed E-state index contributed by atoms with van der Waals surface area (Å²) in [6.45, 7) is 0. The predicted octanol–water partition coefficient (Wildman–Crippen LogP) is 3.76. The van der Waals surface area contributed by atoms with Gasteiger partial charge in [0.1, 0.15) is 0 Å². The van der Waals surface area contributed by atoms with Crippen molar-refractivity contribution in [3.05, 3.63) is 94.5 Å². The summed E-state index contributed by atoms with van der Waals surface area (Å²) in [5, 5.41) is 5.74. The van der Waals surface area contributed by atoms with E-state index in [-0.39, 0.29) is 28.6 Å². The number of nitrogens with one attached hydrogen (secondary N) is 2. The molecule has 0 bridgehead atoms. The van der Waals surface area contributed by atoms with Crippen LogP contribution in [0, 0.1) is 0 Å². The second-order valence-electron chi connectivity index (χ2n) is 6.18. The third kappa shape index (κ3) is 2.69. The molecule has 2 N–H and O–H groups in total. The van der Waals surface area contributed by atoms with E-state index in [9.17, 15) is 14.4 Å². The Labute approximate surface area is 156 Å². The topological polar surface area (TPSA) is 75.3 Å². The molecule has 0 unspecified atom stereocenters. The second kappa shape index (κ2) is 6.53. The van der Waals surface area contributed by atoms with Gasteiger partial charge in [0, 0.05) is 29.4 Å². The zero-order chi connectivity index (χ0) is 19.0. The van der Waals surface area contributed by atoms with Crippen molar-refractivity contribution < 1.29 is 14.4 Å². The predicted molar refractivity (Wildman–Crippen MR) is 104 cm³/mol. The number of rotatable bonds is 3. The van der Waals surface area contributed by atoms with Crippen LogP contribution in [-0.4, -0.2) is 24.5 Å². The maximum atomic E-state index is 13.1. The molecule has 4 rings (SSSR count). The van der Waals surface area contributed by atoms with Gasteiger partial charge >= 0.3 is 0 Å². The number of hydrogen-bond donors (Lipinski definition) is 2. The fourth-order valence-corrected chi connectivity index (χ4v) is 3.32. The normalized spacial score (nSPS) is 12.2. The summed E-state index contributed by atoms with van der Waals surface area (Å²) in [5.74, 6) is -0.852. The van der Waals surface area contributed by atoms with Gasteiger partial charge in [0.15, 0.2) is 11.6 Å². The summed E-state index contributed by atoms with van der Waals surface area (Å²) in [5.41, 5.74) is 2.57. The molecule has 1 amide bonds. The molecule has 3 aromatic carbocycles. The lowest BCUT2D eigenvalue weighted by Gasteiger charge is -2.23. The van der Waals surface area contributed by atoms with Crippen LogP contribution in [-0.2, 0) is 0 Å². The van der Waals surface area contributed by atoms with E-state index in [1.165, 1.54) is 0 Å². The van der Waals surface area contributed by atoms with Crippen LogP contribution in [0.4, 0.5) is 11.4 Å². The zero-order valence-electron chi connectivity index (χ0n) is 14.6. The summed E-state index contributed by atoms with van der Waals surface area (Å²) in [6, 6.07) is 18.8. The first-order chi connectivity index (χ1) is 13.1. The van der Waals surface area contributed by atoms with Crippen LogP contribution < -0.4 is 10.6 Å². The van der Waals surface area contributed by atoms with Crippen molar-refractivity contribution in [1.29, 1.82) is 0 Å². The molecule has 0 aromatic heterocycles. The van der Waals surface area contributed by atoms with Gasteiger partial charge in [-0.25, -0.2) is 0 Å². The smallest absolute Gasteiger partial charge is 0.255 e. The molecule has 1 aliphatic carbocycles. The molecular formula is C22H16N2O3. The number of fused-ring (bicyclic) bond motifs is 2. The first kappa shape index (κ1) is 16.7. The number of carbonyl (C=O) groups is 3. The Bertz CT molecular complexity index is 1090. The summed E-state index contributed by atoms with van der Waals surface area (Å²) in [7, 11) is 1.69. The van der Waals surface area contributed by atoms with Crippen molar-refractivity contribution in [2.75, 3.05) is 17.7 Å². The molecular weight excluding hydrogens is 340 g/mol. The number of benzene rings is 3. The van der Waals surface area contributed by atoms with Gasteiger partial charge in [-0.15, -0.1) is 0 Å². The van der Waals surface area contributed by atoms with Gasteiger partial charge in [-0.1, -0.05) is 42.5 Å². The average Bonchev–Trinajstić information content (AvgIpc) is 2.72. The summed E-state index contributed by atoms with van der Waals surface area (Å²) >= 11 is 0. The number of anilines is 2. The lowest BCUT2D eigenvalue weighted by atomic mass is 9.82. The highest BCUT2D eigenvalue weighted by Crippen LogP contribution is 2.36. The van der Waals surface area contributed by atoms with Gasteiger partial charge in [-0.05, 0) is 24.3 Å². The standard InChI is InChI=1S/C22H16N2O3/c1-23-16-11-12-17(24-22(27)13-7-3-2-4-8-13)19-18(16)20(25)14-9-5-6-10-15(14)21(19)26/h2-12,23H,1H3,(H,24,27). The van der Waals surface area contributed by atoms with Crippen LogP contribution >= 0.6 is 0 Å². The number of carbonyl (C=O) groups excluding carboxylic acids is 3. The number of amides is 1. The maximum absolute atomic E-state index is 13.1. The van der Waals surface area contributed by atoms with E-state index in [1.54, 1.807) is 67.7 Å². The number of hydrogen-bond acceptors (Lipinski definition) is 4. The molecule has 5 nitrogen and oxygen atoms in total. The van der Waals surface area contributed by atoms with E-state index in [1.807, 2.05) is 6.07 Å². The van der Waals surface area contributed by atoms with Gasteiger partial charge in [0.25, 0.3) is 5.91 Å². The van der Waals surface area contributed by atoms with Crippen LogP contribution in [0.3, 0.4) is 0 Å². The van der Waals surface area contributed by atoms with E-state index in [4.69, 9.17) is 0 Å². The van der Waals surface area contributed by atoms with E-state index >= 15 is 0 Å². The molecule has 0 saturated carbocycles. The molecule has 5 heteroatoms. The highest BCUT2D eigenvalue weighted by molar-refractivity contribution is 6.32. The second-order valence-corrected chi connectivity index (χ2v) is 6.18. The molecule has 0 atom stereocenters. The summed E-state index contributed by atoms with van der Waals surface area (Å²) < 4.78 is 0. The molecule has 0 aliphatic heterocycles. The Hall–Kier alpha value is -3.73. The summed E-state index contributed by atoms with van der Waals surface area (Å²) in [4.78, 5) is 38.7. The highest BCUT2D eigenvalue weighted by atomic mass is 16.2. The first-order valence-electron chi connectivity index (χ1n) is 8.51. The van der Waals surface area contributed by atoms with Crippen LogP contribution in [0.2, 0.25) is 0 Å². The largest absolute Gasteiger partial charge is 0.388 e. The molecule has 1 aliphatic rings. The molecule has 0 saturated heterocycles. The molecule has 0 radical (unpaired) electrons. The third-order valence-electron chi connectivity index (χ3n) is 4.63. The van der Waals surface area contributed by atoms with Crippen LogP contribution in [0.15, 0.2) is 66.7 Å². The molecule has 132 valence electrons. The molecule has 0 spiro atoms. The average molecular weight is 356 g/mol. The Morgan fingerprint density at radius 1 is 0.704 bits per heavy atom.